The molecule has 33 heavy (non-hydrogen) atoms. The van der Waals surface area contributed by atoms with Gasteiger partial charge in [-0.15, -0.1) is 0 Å². The fraction of sp³-hybridized carbons (Fsp3) is 0.0968. The van der Waals surface area contributed by atoms with Crippen molar-refractivity contribution in [1.82, 2.24) is 0 Å². The molecule has 1 N–H and O–H groups in total. The molecule has 0 bridgehead atoms. The first kappa shape index (κ1) is 18.5. The van der Waals surface area contributed by atoms with Crippen LogP contribution in [0.1, 0.15) is 25.0 Å². The lowest BCUT2D eigenvalue weighted by Gasteiger charge is -2.24. The van der Waals surface area contributed by atoms with Crippen LogP contribution in [0.3, 0.4) is 0 Å². The summed E-state index contributed by atoms with van der Waals surface area (Å²) >= 11 is 0. The molecule has 1 heterocycles. The Bertz CT molecular complexity index is 1720. The van der Waals surface area contributed by atoms with Gasteiger partial charge in [0.1, 0.15) is 11.2 Å². The van der Waals surface area contributed by atoms with Gasteiger partial charge < -0.3 is 9.73 Å². The lowest BCUT2D eigenvalue weighted by molar-refractivity contribution is 0.666. The topological polar surface area (TPSA) is 25.2 Å². The number of fused-ring (bicyclic) bond motifs is 8. The zero-order valence-electron chi connectivity index (χ0n) is 18.6. The molecule has 1 aliphatic carbocycles. The van der Waals surface area contributed by atoms with E-state index in [0.717, 1.165) is 33.3 Å². The quantitative estimate of drug-likeness (QED) is 0.300. The first-order chi connectivity index (χ1) is 16.1. The molecule has 0 unspecified atom stereocenters. The summed E-state index contributed by atoms with van der Waals surface area (Å²) in [5.41, 5.74) is 9.39. The molecule has 5 aromatic carbocycles. The van der Waals surface area contributed by atoms with E-state index in [4.69, 9.17) is 4.42 Å². The van der Waals surface area contributed by atoms with Crippen molar-refractivity contribution < 1.29 is 4.42 Å². The minimum Gasteiger partial charge on any atom is -0.456 e. The van der Waals surface area contributed by atoms with Crippen molar-refractivity contribution in [2.24, 2.45) is 0 Å². The zero-order chi connectivity index (χ0) is 22.2. The van der Waals surface area contributed by atoms with Crippen LogP contribution in [-0.2, 0) is 5.41 Å². The fourth-order valence-electron chi connectivity index (χ4n) is 5.71. The molecular weight excluding hydrogens is 402 g/mol. The number of anilines is 2. The van der Waals surface area contributed by atoms with Gasteiger partial charge >= 0.3 is 0 Å². The Balaban J connectivity index is 1.42. The second-order valence-corrected chi connectivity index (χ2v) is 9.50. The van der Waals surface area contributed by atoms with Crippen LogP contribution < -0.4 is 5.32 Å². The number of para-hydroxylation sites is 1. The molecule has 1 aliphatic rings. The van der Waals surface area contributed by atoms with Crippen LogP contribution in [0.25, 0.3) is 43.8 Å². The van der Waals surface area contributed by atoms with Gasteiger partial charge in [0.15, 0.2) is 0 Å². The van der Waals surface area contributed by atoms with Gasteiger partial charge in [0.05, 0.1) is 0 Å². The van der Waals surface area contributed by atoms with Crippen molar-refractivity contribution in [3.8, 4) is 11.1 Å². The highest BCUT2D eigenvalue weighted by molar-refractivity contribution is 6.07. The lowest BCUT2D eigenvalue weighted by atomic mass is 9.80. The van der Waals surface area contributed by atoms with Gasteiger partial charge in [-0.2, -0.15) is 0 Å². The maximum Gasteiger partial charge on any atom is 0.137 e. The van der Waals surface area contributed by atoms with E-state index in [1.807, 2.05) is 12.1 Å². The van der Waals surface area contributed by atoms with Gasteiger partial charge in [0, 0.05) is 39.0 Å². The van der Waals surface area contributed by atoms with Gasteiger partial charge in [0.2, 0.25) is 0 Å². The standard InChI is InChI=1S/C31H23NO/c1-31(2)25-11-5-3-9-21(25)24-16-14-19-8-7-12-26(29(19)30(24)31)32-20-15-17-23-22-10-4-6-13-27(22)33-28(23)18-20/h3-18,32H,1-2H3. The number of hydrogen-bond donors (Lipinski definition) is 1. The van der Waals surface area contributed by atoms with E-state index in [9.17, 15) is 0 Å². The smallest absolute Gasteiger partial charge is 0.137 e. The number of benzene rings is 5. The molecule has 0 radical (unpaired) electrons. The Kier molecular flexibility index (Phi) is 3.64. The summed E-state index contributed by atoms with van der Waals surface area (Å²) in [6, 6.07) is 34.5. The summed E-state index contributed by atoms with van der Waals surface area (Å²) in [6.07, 6.45) is 0. The SMILES string of the molecule is CC1(C)c2ccccc2-c2ccc3cccc(Nc4ccc5c(c4)oc4ccccc45)c3c21. The van der Waals surface area contributed by atoms with E-state index in [1.54, 1.807) is 0 Å². The average Bonchev–Trinajstić information content (AvgIpc) is 3.32. The summed E-state index contributed by atoms with van der Waals surface area (Å²) < 4.78 is 6.13. The third-order valence-electron chi connectivity index (χ3n) is 7.22. The van der Waals surface area contributed by atoms with Crippen molar-refractivity contribution in [2.45, 2.75) is 19.3 Å². The average molecular weight is 426 g/mol. The second-order valence-electron chi connectivity index (χ2n) is 9.50. The van der Waals surface area contributed by atoms with E-state index in [-0.39, 0.29) is 5.41 Å². The molecule has 158 valence electrons. The normalized spacial score (nSPS) is 14.0. The first-order valence-electron chi connectivity index (χ1n) is 11.5. The molecule has 0 spiro atoms. The fourth-order valence-corrected chi connectivity index (χ4v) is 5.71. The molecule has 0 saturated heterocycles. The second kappa shape index (κ2) is 6.49. The molecule has 0 atom stereocenters. The molecule has 0 amide bonds. The maximum atomic E-state index is 6.13. The van der Waals surface area contributed by atoms with Crippen molar-refractivity contribution >= 4 is 44.1 Å². The zero-order valence-corrected chi connectivity index (χ0v) is 18.6. The van der Waals surface area contributed by atoms with E-state index >= 15 is 0 Å². The highest BCUT2D eigenvalue weighted by atomic mass is 16.3. The van der Waals surface area contributed by atoms with Gasteiger partial charge in [-0.05, 0) is 51.9 Å². The Hall–Kier alpha value is -4.04. The Labute approximate surface area is 192 Å². The molecule has 0 saturated carbocycles. The minimum absolute atomic E-state index is 0.0636. The molecule has 2 heteroatoms. The van der Waals surface area contributed by atoms with Crippen LogP contribution >= 0.6 is 0 Å². The Morgan fingerprint density at radius 2 is 1.48 bits per heavy atom. The predicted octanol–water partition coefficient (Wildman–Crippen LogP) is 8.79. The monoisotopic (exact) mass is 425 g/mol. The van der Waals surface area contributed by atoms with E-state index < -0.39 is 0 Å². The van der Waals surface area contributed by atoms with Gasteiger partial charge in [0.25, 0.3) is 0 Å². The van der Waals surface area contributed by atoms with E-state index in [0.29, 0.717) is 0 Å². The summed E-state index contributed by atoms with van der Waals surface area (Å²) in [4.78, 5) is 0. The predicted molar refractivity (Wildman–Crippen MR) is 139 cm³/mol. The highest BCUT2D eigenvalue weighted by Gasteiger charge is 2.37. The van der Waals surface area contributed by atoms with Gasteiger partial charge in [-0.25, -0.2) is 0 Å². The van der Waals surface area contributed by atoms with E-state index in [2.05, 4.69) is 104 Å². The summed E-state index contributed by atoms with van der Waals surface area (Å²) in [5, 5.41) is 8.56. The van der Waals surface area contributed by atoms with Crippen LogP contribution in [0.2, 0.25) is 0 Å². The Morgan fingerprint density at radius 1 is 0.667 bits per heavy atom. The molecule has 2 nitrogen and oxygen atoms in total. The number of furan rings is 1. The third-order valence-corrected chi connectivity index (χ3v) is 7.22. The number of nitrogens with one attached hydrogen (secondary N) is 1. The molecule has 7 rings (SSSR count). The lowest BCUT2D eigenvalue weighted by Crippen LogP contribution is -2.15. The number of rotatable bonds is 2. The van der Waals surface area contributed by atoms with E-state index in [1.165, 1.54) is 33.0 Å². The van der Waals surface area contributed by atoms with Crippen molar-refractivity contribution in [2.75, 3.05) is 5.32 Å². The van der Waals surface area contributed by atoms with Crippen LogP contribution in [0.5, 0.6) is 0 Å². The van der Waals surface area contributed by atoms with Crippen molar-refractivity contribution in [3.63, 3.8) is 0 Å². The van der Waals surface area contributed by atoms with Crippen LogP contribution in [-0.4, -0.2) is 0 Å². The molecule has 0 fully saturated rings. The van der Waals surface area contributed by atoms with Crippen molar-refractivity contribution in [3.05, 3.63) is 108 Å². The summed E-state index contributed by atoms with van der Waals surface area (Å²) in [6.45, 7) is 4.68. The largest absolute Gasteiger partial charge is 0.456 e. The third kappa shape index (κ3) is 2.55. The van der Waals surface area contributed by atoms with Gasteiger partial charge in [-0.1, -0.05) is 80.6 Å². The van der Waals surface area contributed by atoms with Crippen LogP contribution in [0.4, 0.5) is 11.4 Å². The summed E-state index contributed by atoms with van der Waals surface area (Å²) in [7, 11) is 0. The maximum absolute atomic E-state index is 6.13. The van der Waals surface area contributed by atoms with Crippen molar-refractivity contribution in [1.29, 1.82) is 0 Å². The molecule has 0 aliphatic heterocycles. The van der Waals surface area contributed by atoms with Crippen LogP contribution in [0, 0.1) is 0 Å². The highest BCUT2D eigenvalue weighted by Crippen LogP contribution is 2.52. The Morgan fingerprint density at radius 3 is 2.42 bits per heavy atom. The number of hydrogen-bond acceptors (Lipinski definition) is 2. The molecule has 1 aromatic heterocycles. The van der Waals surface area contributed by atoms with Gasteiger partial charge in [-0.3, -0.25) is 0 Å². The minimum atomic E-state index is -0.0636. The molecule has 6 aromatic rings. The first-order valence-corrected chi connectivity index (χ1v) is 11.5. The summed E-state index contributed by atoms with van der Waals surface area (Å²) in [5.74, 6) is 0. The van der Waals surface area contributed by atoms with Crippen LogP contribution in [0.15, 0.2) is 101 Å². The molecular formula is C31H23NO.